The highest BCUT2D eigenvalue weighted by Gasteiger charge is 2.35. The average Bonchev–Trinajstić information content (AvgIpc) is 3.10. The van der Waals surface area contributed by atoms with E-state index in [0.717, 1.165) is 31.8 Å². The normalized spacial score (nSPS) is 15.8. The zero-order chi connectivity index (χ0) is 21.5. The molecule has 9 heteroatoms. The van der Waals surface area contributed by atoms with Crippen LogP contribution >= 0.6 is 0 Å². The van der Waals surface area contributed by atoms with E-state index >= 15 is 0 Å². The Labute approximate surface area is 171 Å². The first-order chi connectivity index (χ1) is 14.2. The zero-order valence-electron chi connectivity index (χ0n) is 16.7. The minimum Gasteiger partial charge on any atom is -0.348 e. The van der Waals surface area contributed by atoms with Crippen molar-refractivity contribution in [1.29, 1.82) is 0 Å². The summed E-state index contributed by atoms with van der Waals surface area (Å²) in [5, 5.41) is 6.63. The van der Waals surface area contributed by atoms with E-state index in [9.17, 15) is 18.0 Å². The summed E-state index contributed by atoms with van der Waals surface area (Å²) in [6, 6.07) is 9.02. The predicted molar refractivity (Wildman–Crippen MR) is 105 cm³/mol. The van der Waals surface area contributed by atoms with Crippen LogP contribution in [0.2, 0.25) is 0 Å². The van der Waals surface area contributed by atoms with Gasteiger partial charge in [-0.3, -0.25) is 9.69 Å². The van der Waals surface area contributed by atoms with Gasteiger partial charge in [-0.15, -0.1) is 0 Å². The van der Waals surface area contributed by atoms with Gasteiger partial charge >= 0.3 is 6.18 Å². The first-order valence-corrected chi connectivity index (χ1v) is 9.75. The Hall–Kier alpha value is -2.94. The van der Waals surface area contributed by atoms with E-state index in [1.165, 1.54) is 18.1 Å². The highest BCUT2D eigenvalue weighted by molar-refractivity contribution is 5.99. The smallest absolute Gasteiger partial charge is 0.348 e. The first-order valence-electron chi connectivity index (χ1n) is 9.75. The second kappa shape index (κ2) is 7.71. The fourth-order valence-corrected chi connectivity index (χ4v) is 3.89. The third-order valence-corrected chi connectivity index (χ3v) is 5.25. The zero-order valence-corrected chi connectivity index (χ0v) is 16.7. The molecule has 0 fully saturated rings. The van der Waals surface area contributed by atoms with Crippen molar-refractivity contribution in [3.63, 3.8) is 0 Å². The number of nitrogens with one attached hydrogen (secondary N) is 1. The van der Waals surface area contributed by atoms with Crippen LogP contribution < -0.4 is 5.32 Å². The number of carbonyl (C=O) groups is 1. The SMILES string of the molecule is Cc1cc(C(F)(F)F)n2ncc(C(=O)NC(C)CN3CCc4ccccc4C3)c2n1. The Bertz CT molecular complexity index is 1090. The van der Waals surface area contributed by atoms with Crippen LogP contribution in [0, 0.1) is 6.92 Å². The van der Waals surface area contributed by atoms with Gasteiger partial charge in [0.2, 0.25) is 0 Å². The largest absolute Gasteiger partial charge is 0.433 e. The summed E-state index contributed by atoms with van der Waals surface area (Å²) in [4.78, 5) is 19.1. The molecular formula is C21H22F3N5O. The molecule has 1 atom stereocenters. The van der Waals surface area contributed by atoms with Gasteiger partial charge < -0.3 is 5.32 Å². The van der Waals surface area contributed by atoms with E-state index in [-0.39, 0.29) is 22.9 Å². The number of aromatic nitrogens is 3. The molecule has 1 unspecified atom stereocenters. The lowest BCUT2D eigenvalue weighted by Gasteiger charge is -2.31. The van der Waals surface area contributed by atoms with E-state index in [4.69, 9.17) is 0 Å². The number of hydrogen-bond donors (Lipinski definition) is 1. The van der Waals surface area contributed by atoms with Crippen molar-refractivity contribution in [1.82, 2.24) is 24.8 Å². The minimum absolute atomic E-state index is 0.0278. The Morgan fingerprint density at radius 3 is 2.73 bits per heavy atom. The Morgan fingerprint density at radius 1 is 1.27 bits per heavy atom. The number of amides is 1. The Balaban J connectivity index is 1.48. The highest BCUT2D eigenvalue weighted by atomic mass is 19.4. The number of nitrogens with zero attached hydrogens (tertiary/aromatic N) is 4. The molecule has 1 aromatic carbocycles. The molecule has 1 aliphatic rings. The highest BCUT2D eigenvalue weighted by Crippen LogP contribution is 2.30. The molecule has 1 aliphatic heterocycles. The number of alkyl halides is 3. The van der Waals surface area contributed by atoms with Crippen LogP contribution in [0.3, 0.4) is 0 Å². The lowest BCUT2D eigenvalue weighted by atomic mass is 10.00. The summed E-state index contributed by atoms with van der Waals surface area (Å²) in [5.74, 6) is -0.485. The van der Waals surface area contributed by atoms with Gasteiger partial charge in [-0.05, 0) is 37.5 Å². The van der Waals surface area contributed by atoms with Crippen molar-refractivity contribution in [2.75, 3.05) is 13.1 Å². The van der Waals surface area contributed by atoms with Crippen LogP contribution in [0.15, 0.2) is 36.5 Å². The number of rotatable bonds is 4. The van der Waals surface area contributed by atoms with Gasteiger partial charge in [0.25, 0.3) is 5.91 Å². The molecule has 2 aromatic heterocycles. The molecule has 1 N–H and O–H groups in total. The molecule has 0 spiro atoms. The number of aryl methyl sites for hydroxylation is 1. The van der Waals surface area contributed by atoms with Crippen molar-refractivity contribution < 1.29 is 18.0 Å². The van der Waals surface area contributed by atoms with E-state index in [0.29, 0.717) is 11.1 Å². The molecule has 0 saturated carbocycles. The number of fused-ring (bicyclic) bond motifs is 2. The first kappa shape index (κ1) is 20.3. The number of carbonyl (C=O) groups excluding carboxylic acids is 1. The van der Waals surface area contributed by atoms with Crippen LogP contribution in [-0.4, -0.2) is 44.5 Å². The van der Waals surface area contributed by atoms with Crippen molar-refractivity contribution in [3.8, 4) is 0 Å². The van der Waals surface area contributed by atoms with E-state index in [1.807, 2.05) is 19.1 Å². The van der Waals surface area contributed by atoms with Gasteiger partial charge in [-0.1, -0.05) is 24.3 Å². The number of hydrogen-bond acceptors (Lipinski definition) is 4. The van der Waals surface area contributed by atoms with Crippen molar-refractivity contribution in [3.05, 3.63) is 64.6 Å². The molecule has 3 heterocycles. The van der Waals surface area contributed by atoms with Gasteiger partial charge in [0.15, 0.2) is 5.65 Å². The van der Waals surface area contributed by atoms with Gasteiger partial charge in [-0.2, -0.15) is 18.3 Å². The summed E-state index contributed by atoms with van der Waals surface area (Å²) >= 11 is 0. The standard InChI is InChI=1S/C21H22F3N5O/c1-13-9-18(21(22,23)24)29-19(26-13)17(10-25-29)20(30)27-14(2)11-28-8-7-15-5-3-4-6-16(15)12-28/h3-6,9-10,14H,7-8,11-12H2,1-2H3,(H,27,30). The van der Waals surface area contributed by atoms with Crippen LogP contribution in [-0.2, 0) is 19.1 Å². The molecular weight excluding hydrogens is 395 g/mol. The maximum absolute atomic E-state index is 13.3. The molecule has 0 saturated heterocycles. The molecule has 158 valence electrons. The molecule has 6 nitrogen and oxygen atoms in total. The molecule has 0 radical (unpaired) electrons. The molecule has 30 heavy (non-hydrogen) atoms. The molecule has 0 aliphatic carbocycles. The molecule has 4 rings (SSSR count). The van der Waals surface area contributed by atoms with Crippen molar-refractivity contribution in [2.24, 2.45) is 0 Å². The maximum Gasteiger partial charge on any atom is 0.433 e. The van der Waals surface area contributed by atoms with Gasteiger partial charge in [-0.25, -0.2) is 9.50 Å². The Kier molecular flexibility index (Phi) is 5.23. The van der Waals surface area contributed by atoms with Crippen molar-refractivity contribution >= 4 is 11.6 Å². The topological polar surface area (TPSA) is 62.5 Å². The predicted octanol–water partition coefficient (Wildman–Crippen LogP) is 3.23. The van der Waals surface area contributed by atoms with E-state index in [2.05, 4.69) is 32.4 Å². The van der Waals surface area contributed by atoms with Gasteiger partial charge in [0, 0.05) is 31.4 Å². The fraction of sp³-hybridized carbons (Fsp3) is 0.381. The van der Waals surface area contributed by atoms with Gasteiger partial charge in [0.1, 0.15) is 11.3 Å². The number of benzene rings is 1. The monoisotopic (exact) mass is 417 g/mol. The quantitative estimate of drug-likeness (QED) is 0.708. The lowest BCUT2D eigenvalue weighted by molar-refractivity contribution is -0.142. The fourth-order valence-electron chi connectivity index (χ4n) is 3.89. The van der Waals surface area contributed by atoms with Crippen LogP contribution in [0.5, 0.6) is 0 Å². The summed E-state index contributed by atoms with van der Waals surface area (Å²) in [5.41, 5.74) is 1.77. The van der Waals surface area contributed by atoms with Crippen molar-refractivity contribution in [2.45, 2.75) is 39.0 Å². The maximum atomic E-state index is 13.3. The summed E-state index contributed by atoms with van der Waals surface area (Å²) in [7, 11) is 0. The lowest BCUT2D eigenvalue weighted by Crippen LogP contribution is -2.43. The van der Waals surface area contributed by atoms with Crippen LogP contribution in [0.4, 0.5) is 13.2 Å². The van der Waals surface area contributed by atoms with Gasteiger partial charge in [0.05, 0.1) is 6.20 Å². The second-order valence-corrected chi connectivity index (χ2v) is 7.70. The van der Waals surface area contributed by atoms with E-state index in [1.54, 1.807) is 0 Å². The Morgan fingerprint density at radius 2 is 2.00 bits per heavy atom. The van der Waals surface area contributed by atoms with Crippen LogP contribution in [0.1, 0.15) is 39.8 Å². The third-order valence-electron chi connectivity index (χ3n) is 5.25. The summed E-state index contributed by atoms with van der Waals surface area (Å²) in [6.07, 6.45) is -2.51. The minimum atomic E-state index is -4.59. The van der Waals surface area contributed by atoms with Crippen LogP contribution in [0.25, 0.3) is 5.65 Å². The molecule has 3 aromatic rings. The number of halogens is 3. The second-order valence-electron chi connectivity index (χ2n) is 7.70. The third kappa shape index (κ3) is 4.02. The van der Waals surface area contributed by atoms with E-state index < -0.39 is 17.8 Å². The molecule has 0 bridgehead atoms. The average molecular weight is 417 g/mol. The molecule has 1 amide bonds. The summed E-state index contributed by atoms with van der Waals surface area (Å²) < 4.78 is 40.5. The summed E-state index contributed by atoms with van der Waals surface area (Å²) in [6.45, 7) is 5.68.